The van der Waals surface area contributed by atoms with Gasteiger partial charge in [0.05, 0.1) is 17.3 Å². The smallest absolute Gasteiger partial charge is 0.254 e. The monoisotopic (exact) mass is 437 g/mol. The van der Waals surface area contributed by atoms with Crippen molar-refractivity contribution in [1.29, 1.82) is 0 Å². The summed E-state index contributed by atoms with van der Waals surface area (Å²) in [4.78, 5) is 24.2. The Morgan fingerprint density at radius 2 is 1.88 bits per heavy atom. The maximum absolute atomic E-state index is 13.4. The highest BCUT2D eigenvalue weighted by Gasteiger charge is 2.31. The van der Waals surface area contributed by atoms with Gasteiger partial charge in [0.1, 0.15) is 0 Å². The van der Waals surface area contributed by atoms with Crippen molar-refractivity contribution in [3.05, 3.63) is 89.4 Å². The Kier molecular flexibility index (Phi) is 5.21. The van der Waals surface area contributed by atoms with Crippen LogP contribution < -0.4 is 5.73 Å². The number of rotatable bonds is 3. The number of aryl methyl sites for hydroxylation is 1. The summed E-state index contributed by atoms with van der Waals surface area (Å²) in [6, 6.07) is 17.7. The van der Waals surface area contributed by atoms with Gasteiger partial charge in [0.15, 0.2) is 0 Å². The van der Waals surface area contributed by atoms with E-state index in [0.29, 0.717) is 24.2 Å². The highest BCUT2D eigenvalue weighted by molar-refractivity contribution is 6.14. The van der Waals surface area contributed by atoms with E-state index in [-0.39, 0.29) is 11.9 Å². The van der Waals surface area contributed by atoms with Gasteiger partial charge in [-0.05, 0) is 55.8 Å². The van der Waals surface area contributed by atoms with Crippen LogP contribution >= 0.6 is 0 Å². The highest BCUT2D eigenvalue weighted by atomic mass is 16.2. The molecule has 1 aliphatic rings. The van der Waals surface area contributed by atoms with Crippen LogP contribution in [-0.2, 0) is 7.05 Å². The highest BCUT2D eigenvalue weighted by Crippen LogP contribution is 2.28. The molecule has 3 heterocycles. The van der Waals surface area contributed by atoms with E-state index in [1.807, 2.05) is 49.2 Å². The van der Waals surface area contributed by atoms with Crippen molar-refractivity contribution < 1.29 is 4.79 Å². The van der Waals surface area contributed by atoms with Crippen molar-refractivity contribution >= 4 is 33.4 Å². The van der Waals surface area contributed by atoms with Crippen molar-refractivity contribution in [3.8, 4) is 0 Å². The van der Waals surface area contributed by atoms with Gasteiger partial charge in [0.25, 0.3) is 5.91 Å². The molecule has 0 saturated carbocycles. The van der Waals surface area contributed by atoms with Crippen LogP contribution in [0.15, 0.2) is 83.3 Å². The molecule has 1 atom stereocenters. The Bertz CT molecular complexity index is 1450. The Balaban J connectivity index is 1.45. The molecule has 4 aromatic rings. The molecule has 6 heteroatoms. The Hall–Kier alpha value is -3.93. The predicted octanol–water partition coefficient (Wildman–Crippen LogP) is 4.29. The third-order valence-corrected chi connectivity index (χ3v) is 6.65. The number of pyridine rings is 1. The number of nitrogens with two attached hydrogens (primary N) is 1. The topological polar surface area (TPSA) is 76.5 Å². The zero-order valence-corrected chi connectivity index (χ0v) is 19.1. The second kappa shape index (κ2) is 8.20. The zero-order valence-electron chi connectivity index (χ0n) is 19.1. The maximum Gasteiger partial charge on any atom is 0.254 e. The average Bonchev–Trinajstić information content (AvgIpc) is 3.21. The average molecular weight is 438 g/mol. The fourth-order valence-electron chi connectivity index (χ4n) is 4.76. The van der Waals surface area contributed by atoms with E-state index in [2.05, 4.69) is 45.0 Å². The summed E-state index contributed by atoms with van der Waals surface area (Å²) in [5, 5.41) is 2.12. The fraction of sp³-hybridized carbons (Fsp3) is 0.222. The van der Waals surface area contributed by atoms with Crippen LogP contribution in [0.1, 0.15) is 29.3 Å². The van der Waals surface area contributed by atoms with Crippen molar-refractivity contribution in [3.63, 3.8) is 0 Å². The lowest BCUT2D eigenvalue weighted by molar-refractivity contribution is 0.0707. The number of nitrogens with zero attached hydrogens (tertiary/aromatic N) is 4. The number of carbonyl (C=O) groups is 1. The van der Waals surface area contributed by atoms with Gasteiger partial charge >= 0.3 is 0 Å². The van der Waals surface area contributed by atoms with Crippen LogP contribution in [0.4, 0.5) is 0 Å². The number of benzene rings is 2. The molecule has 0 spiro atoms. The fourth-order valence-corrected chi connectivity index (χ4v) is 4.76. The lowest BCUT2D eigenvalue weighted by Crippen LogP contribution is -2.46. The van der Waals surface area contributed by atoms with Gasteiger partial charge in [0.2, 0.25) is 0 Å². The van der Waals surface area contributed by atoms with Gasteiger partial charge in [-0.25, -0.2) is 0 Å². The number of aliphatic imine (C=N–C) groups is 1. The Labute approximate surface area is 193 Å². The van der Waals surface area contributed by atoms with Crippen LogP contribution in [0.2, 0.25) is 0 Å². The lowest BCUT2D eigenvalue weighted by atomic mass is 9.91. The molecule has 6 nitrogen and oxygen atoms in total. The zero-order chi connectivity index (χ0) is 23.1. The third-order valence-electron chi connectivity index (χ3n) is 6.65. The van der Waals surface area contributed by atoms with E-state index in [9.17, 15) is 4.79 Å². The minimum absolute atomic E-state index is 0.0176. The van der Waals surface area contributed by atoms with Crippen molar-refractivity contribution in [1.82, 2.24) is 14.5 Å². The van der Waals surface area contributed by atoms with E-state index < -0.39 is 0 Å². The van der Waals surface area contributed by atoms with E-state index in [0.717, 1.165) is 27.8 Å². The number of amides is 1. The minimum atomic E-state index is -0.219. The van der Waals surface area contributed by atoms with E-state index in [4.69, 9.17) is 5.73 Å². The summed E-state index contributed by atoms with van der Waals surface area (Å²) in [6.07, 6.45) is 4.47. The number of fused-ring (bicyclic) bond motifs is 2. The molecule has 0 aliphatic carbocycles. The van der Waals surface area contributed by atoms with Gasteiger partial charge in [-0.1, -0.05) is 12.1 Å². The largest absolute Gasteiger partial charge is 0.400 e. The van der Waals surface area contributed by atoms with Gasteiger partial charge in [-0.15, -0.1) is 0 Å². The molecule has 0 bridgehead atoms. The molecular formula is C27H27N5O. The number of hydrogen-bond donors (Lipinski definition) is 1. The Morgan fingerprint density at radius 3 is 2.70 bits per heavy atom. The first kappa shape index (κ1) is 20.9. The standard InChI is InChI=1S/C27H27N5O/c1-17-25(28)22(26(29-2)20-7-9-24-19(16-20)10-13-31(24)3)11-14-32(17)27(33)21-6-8-23-18(15-21)5-4-12-30-23/h4-10,12-13,15-17H,11,14,28H2,1-3H3. The molecule has 2 aromatic carbocycles. The normalized spacial score (nSPS) is 17.2. The quantitative estimate of drug-likeness (QED) is 0.486. The second-order valence-corrected chi connectivity index (χ2v) is 8.54. The first-order valence-electron chi connectivity index (χ1n) is 11.1. The third kappa shape index (κ3) is 3.57. The van der Waals surface area contributed by atoms with Gasteiger partial charge in [-0.3, -0.25) is 14.8 Å². The van der Waals surface area contributed by atoms with Crippen molar-refractivity contribution in [2.75, 3.05) is 13.6 Å². The van der Waals surface area contributed by atoms with Crippen LogP contribution in [0, 0.1) is 0 Å². The summed E-state index contributed by atoms with van der Waals surface area (Å²) in [5.74, 6) is -0.0176. The summed E-state index contributed by atoms with van der Waals surface area (Å²) in [7, 11) is 3.84. The number of hydrogen-bond acceptors (Lipinski definition) is 4. The van der Waals surface area contributed by atoms with Gasteiger partial charge < -0.3 is 15.2 Å². The summed E-state index contributed by atoms with van der Waals surface area (Å²) >= 11 is 0. The summed E-state index contributed by atoms with van der Waals surface area (Å²) < 4.78 is 2.10. The van der Waals surface area contributed by atoms with Gasteiger partial charge in [-0.2, -0.15) is 0 Å². The van der Waals surface area contributed by atoms with E-state index in [1.54, 1.807) is 13.2 Å². The van der Waals surface area contributed by atoms with E-state index >= 15 is 0 Å². The van der Waals surface area contributed by atoms with Crippen LogP contribution in [0.3, 0.4) is 0 Å². The van der Waals surface area contributed by atoms with Crippen molar-refractivity contribution in [2.45, 2.75) is 19.4 Å². The molecular weight excluding hydrogens is 410 g/mol. The van der Waals surface area contributed by atoms with Crippen LogP contribution in [0.25, 0.3) is 21.8 Å². The lowest BCUT2D eigenvalue weighted by Gasteiger charge is -2.36. The van der Waals surface area contributed by atoms with Crippen LogP contribution in [0.5, 0.6) is 0 Å². The molecule has 2 aromatic heterocycles. The SMILES string of the molecule is CN=C(C1=C(N)C(C)N(C(=O)c2ccc3ncccc3c2)CC1)c1ccc2c(ccn2C)c1. The maximum atomic E-state index is 13.4. The number of carbonyl (C=O) groups excluding carboxylic acids is 1. The minimum Gasteiger partial charge on any atom is -0.400 e. The molecule has 1 unspecified atom stereocenters. The predicted molar refractivity (Wildman–Crippen MR) is 133 cm³/mol. The number of aromatic nitrogens is 2. The summed E-state index contributed by atoms with van der Waals surface area (Å²) in [6.45, 7) is 2.58. The Morgan fingerprint density at radius 1 is 1.09 bits per heavy atom. The molecule has 2 N–H and O–H groups in total. The van der Waals surface area contributed by atoms with Crippen molar-refractivity contribution in [2.24, 2.45) is 17.8 Å². The molecule has 0 radical (unpaired) electrons. The van der Waals surface area contributed by atoms with Gasteiger partial charge in [0, 0.05) is 71.7 Å². The molecule has 166 valence electrons. The second-order valence-electron chi connectivity index (χ2n) is 8.54. The first-order chi connectivity index (χ1) is 16.0. The molecule has 33 heavy (non-hydrogen) atoms. The molecule has 1 aliphatic heterocycles. The molecule has 0 saturated heterocycles. The van der Waals surface area contributed by atoms with Crippen LogP contribution in [-0.4, -0.2) is 45.7 Å². The molecule has 1 amide bonds. The summed E-state index contributed by atoms with van der Waals surface area (Å²) in [5.41, 5.74) is 13.0. The molecule has 0 fully saturated rings. The molecule has 5 rings (SSSR count). The first-order valence-corrected chi connectivity index (χ1v) is 11.1. The van der Waals surface area contributed by atoms with E-state index in [1.165, 1.54) is 10.9 Å².